The molecule has 2 rings (SSSR count). The van der Waals surface area contributed by atoms with Crippen molar-refractivity contribution >= 4 is 0 Å². The molecule has 1 heterocycles. The van der Waals surface area contributed by atoms with Crippen molar-refractivity contribution in [3.05, 3.63) is 41.7 Å². The largest absolute Gasteiger partial charge is 0.443 e. The molecule has 0 bridgehead atoms. The molecular formula is C15H19FN2O. The van der Waals surface area contributed by atoms with E-state index in [0.717, 1.165) is 16.8 Å². The van der Waals surface area contributed by atoms with Gasteiger partial charge in [-0.15, -0.1) is 0 Å². The molecular weight excluding hydrogens is 243 g/mol. The third kappa shape index (κ3) is 3.41. The third-order valence-electron chi connectivity index (χ3n) is 2.86. The molecule has 0 saturated carbocycles. The summed E-state index contributed by atoms with van der Waals surface area (Å²) >= 11 is 0. The highest BCUT2D eigenvalue weighted by molar-refractivity contribution is 5.63. The molecule has 0 unspecified atom stereocenters. The van der Waals surface area contributed by atoms with Crippen LogP contribution in [0.1, 0.15) is 32.0 Å². The molecule has 4 heteroatoms. The molecule has 0 aliphatic rings. The number of nitrogens with one attached hydrogen (secondary N) is 1. The number of aromatic nitrogens is 1. The maximum absolute atomic E-state index is 13.1. The van der Waals surface area contributed by atoms with Crippen LogP contribution in [-0.4, -0.2) is 10.5 Å². The monoisotopic (exact) mass is 262 g/mol. The summed E-state index contributed by atoms with van der Waals surface area (Å²) in [5, 5.41) is 3.37. The molecule has 0 saturated heterocycles. The highest BCUT2D eigenvalue weighted by atomic mass is 19.1. The predicted molar refractivity (Wildman–Crippen MR) is 73.2 cm³/mol. The van der Waals surface area contributed by atoms with Gasteiger partial charge in [-0.2, -0.15) is 0 Å². The van der Waals surface area contributed by atoms with E-state index < -0.39 is 0 Å². The van der Waals surface area contributed by atoms with Crippen LogP contribution in [0, 0.1) is 12.7 Å². The van der Waals surface area contributed by atoms with E-state index in [2.05, 4.69) is 31.1 Å². The lowest BCUT2D eigenvalue weighted by Gasteiger charge is -2.19. The first kappa shape index (κ1) is 13.7. The number of aryl methyl sites for hydroxylation is 1. The highest BCUT2D eigenvalue weighted by Crippen LogP contribution is 2.27. The molecule has 0 fully saturated rings. The predicted octanol–water partition coefficient (Wildman–Crippen LogP) is 3.68. The standard InChI is InChI=1S/C15H19FN2O/c1-10-7-11(16)5-6-12(10)14-13(17-9-19-14)8-18-15(2,3)4/h5-7,9,18H,8H2,1-4H3. The van der Waals surface area contributed by atoms with E-state index in [1.54, 1.807) is 6.07 Å². The van der Waals surface area contributed by atoms with E-state index in [-0.39, 0.29) is 11.4 Å². The smallest absolute Gasteiger partial charge is 0.181 e. The van der Waals surface area contributed by atoms with Crippen LogP contribution in [0.5, 0.6) is 0 Å². The van der Waals surface area contributed by atoms with Crippen LogP contribution in [0.15, 0.2) is 29.0 Å². The van der Waals surface area contributed by atoms with Crippen molar-refractivity contribution in [1.82, 2.24) is 10.3 Å². The number of benzene rings is 1. The lowest BCUT2D eigenvalue weighted by Crippen LogP contribution is -2.35. The van der Waals surface area contributed by atoms with E-state index in [0.29, 0.717) is 12.3 Å². The number of hydrogen-bond donors (Lipinski definition) is 1. The summed E-state index contributed by atoms with van der Waals surface area (Å²) in [5.41, 5.74) is 2.57. The van der Waals surface area contributed by atoms with Gasteiger partial charge < -0.3 is 9.73 Å². The fourth-order valence-electron chi connectivity index (χ4n) is 1.84. The second-order valence-electron chi connectivity index (χ2n) is 5.69. The van der Waals surface area contributed by atoms with Gasteiger partial charge in [-0.1, -0.05) is 0 Å². The van der Waals surface area contributed by atoms with Crippen molar-refractivity contribution in [1.29, 1.82) is 0 Å². The minimum absolute atomic E-state index is 0.00800. The van der Waals surface area contributed by atoms with Crippen molar-refractivity contribution in [2.75, 3.05) is 0 Å². The molecule has 102 valence electrons. The van der Waals surface area contributed by atoms with Gasteiger partial charge in [0.2, 0.25) is 0 Å². The molecule has 0 aliphatic heterocycles. The number of halogens is 1. The van der Waals surface area contributed by atoms with Crippen molar-refractivity contribution in [2.24, 2.45) is 0 Å². The van der Waals surface area contributed by atoms with Crippen LogP contribution in [0.25, 0.3) is 11.3 Å². The molecule has 0 spiro atoms. The summed E-state index contributed by atoms with van der Waals surface area (Å²) in [5.74, 6) is 0.462. The molecule has 0 aliphatic carbocycles. The summed E-state index contributed by atoms with van der Waals surface area (Å²) in [4.78, 5) is 4.24. The second kappa shape index (κ2) is 5.13. The number of rotatable bonds is 3. The molecule has 2 aromatic rings. The minimum atomic E-state index is -0.241. The molecule has 1 N–H and O–H groups in total. The topological polar surface area (TPSA) is 38.1 Å². The van der Waals surface area contributed by atoms with E-state index in [1.165, 1.54) is 18.5 Å². The van der Waals surface area contributed by atoms with Gasteiger partial charge in [-0.25, -0.2) is 9.37 Å². The van der Waals surface area contributed by atoms with E-state index in [9.17, 15) is 4.39 Å². The Hall–Kier alpha value is -1.68. The normalized spacial score (nSPS) is 11.8. The number of hydrogen-bond acceptors (Lipinski definition) is 3. The van der Waals surface area contributed by atoms with Crippen LogP contribution in [-0.2, 0) is 6.54 Å². The molecule has 0 radical (unpaired) electrons. The van der Waals surface area contributed by atoms with Crippen molar-refractivity contribution in [3.8, 4) is 11.3 Å². The molecule has 0 amide bonds. The lowest BCUT2D eigenvalue weighted by atomic mass is 10.0. The fraction of sp³-hybridized carbons (Fsp3) is 0.400. The van der Waals surface area contributed by atoms with E-state index in [4.69, 9.17) is 4.42 Å². The van der Waals surface area contributed by atoms with Crippen LogP contribution in [0.2, 0.25) is 0 Å². The van der Waals surface area contributed by atoms with Crippen LogP contribution < -0.4 is 5.32 Å². The summed E-state index contributed by atoms with van der Waals surface area (Å²) in [7, 11) is 0. The van der Waals surface area contributed by atoms with Gasteiger partial charge in [-0.3, -0.25) is 0 Å². The Bertz CT molecular complexity index is 570. The summed E-state index contributed by atoms with van der Waals surface area (Å²) in [6, 6.07) is 4.66. The number of oxazole rings is 1. The first-order chi connectivity index (χ1) is 8.87. The minimum Gasteiger partial charge on any atom is -0.443 e. The Labute approximate surface area is 112 Å². The van der Waals surface area contributed by atoms with Crippen LogP contribution in [0.3, 0.4) is 0 Å². The SMILES string of the molecule is Cc1cc(F)ccc1-c1ocnc1CNC(C)(C)C. The van der Waals surface area contributed by atoms with Crippen LogP contribution in [0.4, 0.5) is 4.39 Å². The Kier molecular flexibility index (Phi) is 3.71. The van der Waals surface area contributed by atoms with Crippen LogP contribution >= 0.6 is 0 Å². The van der Waals surface area contributed by atoms with Gasteiger partial charge in [0.15, 0.2) is 12.2 Å². The summed E-state index contributed by atoms with van der Waals surface area (Å²) in [6.45, 7) is 8.76. The zero-order chi connectivity index (χ0) is 14.0. The molecule has 19 heavy (non-hydrogen) atoms. The maximum Gasteiger partial charge on any atom is 0.181 e. The lowest BCUT2D eigenvalue weighted by molar-refractivity contribution is 0.421. The third-order valence-corrected chi connectivity index (χ3v) is 2.86. The van der Waals surface area contributed by atoms with Gasteiger partial charge in [0, 0.05) is 17.6 Å². The average Bonchev–Trinajstić information content (AvgIpc) is 2.73. The highest BCUT2D eigenvalue weighted by Gasteiger charge is 2.16. The van der Waals surface area contributed by atoms with E-state index in [1.807, 2.05) is 6.92 Å². The second-order valence-corrected chi connectivity index (χ2v) is 5.69. The Balaban J connectivity index is 2.28. The van der Waals surface area contributed by atoms with Crippen molar-refractivity contribution in [2.45, 2.75) is 39.8 Å². The zero-order valence-corrected chi connectivity index (χ0v) is 11.7. The fourth-order valence-corrected chi connectivity index (χ4v) is 1.84. The zero-order valence-electron chi connectivity index (χ0n) is 11.7. The van der Waals surface area contributed by atoms with Gasteiger partial charge in [0.1, 0.15) is 11.5 Å². The molecule has 1 aromatic carbocycles. The Morgan fingerprint density at radius 2 is 2.05 bits per heavy atom. The Morgan fingerprint density at radius 3 is 2.68 bits per heavy atom. The summed E-state index contributed by atoms with van der Waals surface area (Å²) < 4.78 is 18.6. The molecule has 3 nitrogen and oxygen atoms in total. The number of nitrogens with zero attached hydrogens (tertiary/aromatic N) is 1. The quantitative estimate of drug-likeness (QED) is 0.917. The molecule has 1 aromatic heterocycles. The van der Waals surface area contributed by atoms with Crippen molar-refractivity contribution < 1.29 is 8.81 Å². The first-order valence-electron chi connectivity index (χ1n) is 6.31. The maximum atomic E-state index is 13.1. The van der Waals surface area contributed by atoms with E-state index >= 15 is 0 Å². The van der Waals surface area contributed by atoms with Gasteiger partial charge in [0.25, 0.3) is 0 Å². The summed E-state index contributed by atoms with van der Waals surface area (Å²) in [6.07, 6.45) is 1.43. The van der Waals surface area contributed by atoms with Gasteiger partial charge in [0.05, 0.1) is 0 Å². The van der Waals surface area contributed by atoms with Gasteiger partial charge in [-0.05, 0) is 51.5 Å². The Morgan fingerprint density at radius 1 is 1.32 bits per heavy atom. The average molecular weight is 262 g/mol. The first-order valence-corrected chi connectivity index (χ1v) is 6.31. The van der Waals surface area contributed by atoms with Crippen molar-refractivity contribution in [3.63, 3.8) is 0 Å². The molecule has 0 atom stereocenters. The van der Waals surface area contributed by atoms with Gasteiger partial charge >= 0.3 is 0 Å².